The van der Waals surface area contributed by atoms with Gasteiger partial charge in [0, 0.05) is 36.3 Å². The van der Waals surface area contributed by atoms with Gasteiger partial charge in [-0.25, -0.2) is 4.79 Å². The Kier molecular flexibility index (Phi) is 6.16. The topological polar surface area (TPSA) is 41.6 Å². The van der Waals surface area contributed by atoms with Crippen LogP contribution in [0.3, 0.4) is 0 Å². The fraction of sp³-hybridized carbons (Fsp3) is 0.276. The zero-order valence-corrected chi connectivity index (χ0v) is 18.9. The Morgan fingerprint density at radius 1 is 0.939 bits per heavy atom. The summed E-state index contributed by atoms with van der Waals surface area (Å²) in [5.41, 5.74) is 7.40. The lowest BCUT2D eigenvalue weighted by Gasteiger charge is -2.43. The van der Waals surface area contributed by atoms with Crippen molar-refractivity contribution in [1.82, 2.24) is 0 Å². The molecule has 3 aromatic rings. The highest BCUT2D eigenvalue weighted by Gasteiger charge is 2.35. The smallest absolute Gasteiger partial charge is 0.411 e. The lowest BCUT2D eigenvalue weighted by atomic mass is 9.76. The van der Waals surface area contributed by atoms with Gasteiger partial charge in [0.1, 0.15) is 0 Å². The van der Waals surface area contributed by atoms with Crippen molar-refractivity contribution in [2.45, 2.75) is 31.1 Å². The van der Waals surface area contributed by atoms with Gasteiger partial charge in [0.15, 0.2) is 0 Å². The van der Waals surface area contributed by atoms with E-state index in [0.29, 0.717) is 24.9 Å². The van der Waals surface area contributed by atoms with Gasteiger partial charge >= 0.3 is 6.09 Å². The van der Waals surface area contributed by atoms with E-state index in [1.54, 1.807) is 6.08 Å². The fourth-order valence-electron chi connectivity index (χ4n) is 5.32. The van der Waals surface area contributed by atoms with Crippen LogP contribution in [-0.2, 0) is 4.74 Å². The number of ether oxygens (including phenoxy) is 1. The molecule has 33 heavy (non-hydrogen) atoms. The molecule has 0 spiro atoms. The largest absolute Gasteiger partial charge is 0.449 e. The number of anilines is 2. The predicted octanol–water partition coefficient (Wildman–Crippen LogP) is 6.69. The second kappa shape index (κ2) is 9.53. The molecule has 168 valence electrons. The quantitative estimate of drug-likeness (QED) is 0.344. The van der Waals surface area contributed by atoms with Gasteiger partial charge in [-0.15, -0.1) is 6.58 Å². The molecule has 0 aliphatic carbocycles. The summed E-state index contributed by atoms with van der Waals surface area (Å²) in [4.78, 5) is 15.0. The lowest BCUT2D eigenvalue weighted by molar-refractivity contribution is 0.163. The van der Waals surface area contributed by atoms with Crippen molar-refractivity contribution in [1.29, 1.82) is 0 Å². The normalized spacial score (nSPS) is 18.8. The molecule has 0 fully saturated rings. The van der Waals surface area contributed by atoms with E-state index in [0.717, 1.165) is 31.6 Å². The monoisotopic (exact) mass is 438 g/mol. The number of hydrogen-bond acceptors (Lipinski definition) is 3. The zero-order valence-electron chi connectivity index (χ0n) is 18.9. The van der Waals surface area contributed by atoms with Crippen molar-refractivity contribution < 1.29 is 9.53 Å². The molecule has 0 bridgehead atoms. The van der Waals surface area contributed by atoms with Crippen LogP contribution >= 0.6 is 0 Å². The Morgan fingerprint density at radius 3 is 2.00 bits per heavy atom. The maximum absolute atomic E-state index is 12.5. The minimum Gasteiger partial charge on any atom is -0.449 e. The third-order valence-electron chi connectivity index (χ3n) is 6.82. The number of carbonyl (C=O) groups is 1. The number of benzene rings is 3. The van der Waals surface area contributed by atoms with Gasteiger partial charge in [0.25, 0.3) is 0 Å². The highest BCUT2D eigenvalue weighted by molar-refractivity contribution is 5.86. The van der Waals surface area contributed by atoms with E-state index in [4.69, 9.17) is 4.74 Å². The lowest BCUT2D eigenvalue weighted by Crippen LogP contribution is -2.37. The summed E-state index contributed by atoms with van der Waals surface area (Å²) in [5, 5.41) is 2.99. The van der Waals surface area contributed by atoms with Crippen LogP contribution in [0.1, 0.15) is 53.4 Å². The van der Waals surface area contributed by atoms with Crippen LogP contribution in [-0.4, -0.2) is 25.8 Å². The zero-order chi connectivity index (χ0) is 22.6. The van der Waals surface area contributed by atoms with Gasteiger partial charge < -0.3 is 9.64 Å². The standard InChI is InChI=1S/C29H30N2O2/c1-2-3-18-33-29(32)30-23-19-26-24(21-10-6-4-7-11-21)14-16-31-17-15-25(27(20-23)28(26)31)22-12-8-5-9-13-22/h2,4-13,19-20,24-25H,1,3,14-18H2,(H,30,32). The number of carbonyl (C=O) groups excluding carboxylic acids is 1. The fourth-order valence-corrected chi connectivity index (χ4v) is 5.32. The number of nitrogens with one attached hydrogen (secondary N) is 1. The molecule has 1 N–H and O–H groups in total. The summed E-state index contributed by atoms with van der Waals surface area (Å²) in [5.74, 6) is 0.619. The number of rotatable bonds is 6. The van der Waals surface area contributed by atoms with Crippen molar-refractivity contribution >= 4 is 17.5 Å². The summed E-state index contributed by atoms with van der Waals surface area (Å²) < 4.78 is 5.33. The molecular formula is C29H30N2O2. The first kappa shape index (κ1) is 21.3. The van der Waals surface area contributed by atoms with Gasteiger partial charge in [0.05, 0.1) is 6.61 Å². The van der Waals surface area contributed by atoms with Gasteiger partial charge in [-0.1, -0.05) is 66.7 Å². The van der Waals surface area contributed by atoms with E-state index < -0.39 is 6.09 Å². The first-order chi connectivity index (χ1) is 16.2. The first-order valence-corrected chi connectivity index (χ1v) is 11.8. The highest BCUT2D eigenvalue weighted by Crippen LogP contribution is 2.49. The molecule has 1 amide bonds. The van der Waals surface area contributed by atoms with Crippen molar-refractivity contribution in [3.63, 3.8) is 0 Å². The van der Waals surface area contributed by atoms with E-state index in [9.17, 15) is 4.79 Å². The van der Waals surface area contributed by atoms with Crippen molar-refractivity contribution in [2.75, 3.05) is 29.9 Å². The second-order valence-electron chi connectivity index (χ2n) is 8.83. The van der Waals surface area contributed by atoms with Gasteiger partial charge in [-0.2, -0.15) is 0 Å². The maximum Gasteiger partial charge on any atom is 0.411 e. The molecule has 4 heteroatoms. The van der Waals surface area contributed by atoms with E-state index in [1.807, 2.05) is 0 Å². The molecule has 0 saturated carbocycles. The summed E-state index contributed by atoms with van der Waals surface area (Å²) in [6.07, 6.45) is 4.11. The maximum atomic E-state index is 12.5. The molecule has 2 aliphatic rings. The van der Waals surface area contributed by atoms with Crippen LogP contribution in [0, 0.1) is 0 Å². The summed E-state index contributed by atoms with van der Waals surface area (Å²) in [6.45, 7) is 6.12. The molecule has 4 nitrogen and oxygen atoms in total. The summed E-state index contributed by atoms with van der Waals surface area (Å²) in [7, 11) is 0. The van der Waals surface area contributed by atoms with Crippen LogP contribution in [0.4, 0.5) is 16.2 Å². The molecule has 3 aromatic carbocycles. The van der Waals surface area contributed by atoms with Crippen LogP contribution in [0.15, 0.2) is 85.5 Å². The average Bonchev–Trinajstić information content (AvgIpc) is 2.85. The molecule has 0 saturated heterocycles. The Hall–Kier alpha value is -3.53. The van der Waals surface area contributed by atoms with E-state index in [1.165, 1.54) is 27.9 Å². The molecule has 2 unspecified atom stereocenters. The number of hydrogen-bond donors (Lipinski definition) is 1. The molecule has 0 aromatic heterocycles. The Morgan fingerprint density at radius 2 is 1.48 bits per heavy atom. The Balaban J connectivity index is 1.58. The van der Waals surface area contributed by atoms with Crippen LogP contribution in [0.2, 0.25) is 0 Å². The summed E-state index contributed by atoms with van der Waals surface area (Å²) >= 11 is 0. The number of amides is 1. The number of nitrogens with zero attached hydrogens (tertiary/aromatic N) is 1. The van der Waals surface area contributed by atoms with Crippen molar-refractivity contribution in [2.24, 2.45) is 0 Å². The average molecular weight is 439 g/mol. The van der Waals surface area contributed by atoms with Gasteiger partial charge in [-0.05, 0) is 53.6 Å². The van der Waals surface area contributed by atoms with Crippen LogP contribution < -0.4 is 10.2 Å². The predicted molar refractivity (Wildman–Crippen MR) is 134 cm³/mol. The van der Waals surface area contributed by atoms with Crippen LogP contribution in [0.25, 0.3) is 0 Å². The third kappa shape index (κ3) is 4.38. The molecular weight excluding hydrogens is 408 g/mol. The van der Waals surface area contributed by atoms with Crippen molar-refractivity contribution in [3.05, 3.63) is 108 Å². The molecule has 2 atom stereocenters. The first-order valence-electron chi connectivity index (χ1n) is 11.8. The molecule has 5 rings (SSSR count). The minimum atomic E-state index is -0.417. The highest BCUT2D eigenvalue weighted by atomic mass is 16.5. The third-order valence-corrected chi connectivity index (χ3v) is 6.82. The van der Waals surface area contributed by atoms with Gasteiger partial charge in [0.2, 0.25) is 0 Å². The second-order valence-corrected chi connectivity index (χ2v) is 8.83. The van der Waals surface area contributed by atoms with E-state index in [-0.39, 0.29) is 0 Å². The Bertz CT molecular complexity index is 1050. The van der Waals surface area contributed by atoms with Gasteiger partial charge in [-0.3, -0.25) is 5.32 Å². The SMILES string of the molecule is C=CCCOC(=O)Nc1cc2c3c(c1)C(c1ccccc1)CCN3CCC2c1ccccc1. The molecule has 0 radical (unpaired) electrons. The Labute approximate surface area is 195 Å². The summed E-state index contributed by atoms with van der Waals surface area (Å²) in [6, 6.07) is 25.8. The molecule has 2 heterocycles. The van der Waals surface area contributed by atoms with Crippen molar-refractivity contribution in [3.8, 4) is 0 Å². The van der Waals surface area contributed by atoms with E-state index in [2.05, 4.69) is 89.6 Å². The molecule has 2 aliphatic heterocycles. The minimum absolute atomic E-state index is 0.309. The van der Waals surface area contributed by atoms with Crippen LogP contribution in [0.5, 0.6) is 0 Å². The van der Waals surface area contributed by atoms with E-state index >= 15 is 0 Å².